The Morgan fingerprint density at radius 1 is 1.26 bits per heavy atom. The number of ether oxygens (including phenoxy) is 1. The molecule has 6 heteroatoms. The number of benzene rings is 2. The summed E-state index contributed by atoms with van der Waals surface area (Å²) < 4.78 is 19.5. The Morgan fingerprint density at radius 3 is 2.89 bits per heavy atom. The van der Waals surface area contributed by atoms with E-state index in [1.807, 2.05) is 31.3 Å². The van der Waals surface area contributed by atoms with E-state index >= 15 is 0 Å². The molecule has 0 amide bonds. The van der Waals surface area contributed by atoms with Crippen molar-refractivity contribution in [3.63, 3.8) is 0 Å². The number of hydrogen-bond donors (Lipinski definition) is 0. The Bertz CT molecular complexity index is 1020. The summed E-state index contributed by atoms with van der Waals surface area (Å²) in [5.41, 5.74) is 3.25. The summed E-state index contributed by atoms with van der Waals surface area (Å²) in [6, 6.07) is 11.9. The quantitative estimate of drug-likeness (QED) is 0.629. The molecular weight excluding hydrogens is 367 g/mol. The van der Waals surface area contributed by atoms with E-state index in [4.69, 9.17) is 21.3 Å². The van der Waals surface area contributed by atoms with E-state index < -0.39 is 11.8 Å². The molecule has 0 bridgehead atoms. The molecule has 0 atom stereocenters. The predicted molar refractivity (Wildman–Crippen MR) is 102 cm³/mol. The summed E-state index contributed by atoms with van der Waals surface area (Å²) in [6.45, 7) is 1.29. The van der Waals surface area contributed by atoms with Crippen LogP contribution in [0, 0.1) is 5.82 Å². The molecule has 0 aliphatic carbocycles. The molecule has 0 saturated carbocycles. The largest absolute Gasteiger partial charge is 0.457 e. The van der Waals surface area contributed by atoms with Crippen molar-refractivity contribution in [3.8, 4) is 0 Å². The Kier molecular flexibility index (Phi) is 4.81. The summed E-state index contributed by atoms with van der Waals surface area (Å²) in [5, 5.41) is 0.986. The molecule has 2 heterocycles. The van der Waals surface area contributed by atoms with Crippen LogP contribution in [-0.4, -0.2) is 29.4 Å². The highest BCUT2D eigenvalue weighted by Gasteiger charge is 2.25. The van der Waals surface area contributed by atoms with Crippen LogP contribution < -0.4 is 0 Å². The number of aromatic nitrogens is 1. The first-order chi connectivity index (χ1) is 13.0. The van der Waals surface area contributed by atoms with Gasteiger partial charge in [0.15, 0.2) is 0 Å². The molecule has 0 spiro atoms. The Labute approximate surface area is 161 Å². The van der Waals surface area contributed by atoms with Gasteiger partial charge in [-0.05, 0) is 25.2 Å². The molecule has 4 nitrogen and oxygen atoms in total. The minimum atomic E-state index is -0.489. The lowest BCUT2D eigenvalue weighted by atomic mass is 9.96. The van der Waals surface area contributed by atoms with Gasteiger partial charge in [0.05, 0.1) is 16.1 Å². The predicted octanol–water partition coefficient (Wildman–Crippen LogP) is 4.37. The van der Waals surface area contributed by atoms with Crippen molar-refractivity contribution >= 4 is 28.5 Å². The number of likely N-dealkylation sites (N-methyl/N-ethyl adjacent to an activating group) is 1. The number of fused-ring (bicyclic) bond motifs is 2. The monoisotopic (exact) mass is 384 g/mol. The van der Waals surface area contributed by atoms with Gasteiger partial charge in [-0.15, -0.1) is 0 Å². The normalized spacial score (nSPS) is 14.2. The van der Waals surface area contributed by atoms with Crippen LogP contribution in [-0.2, 0) is 24.3 Å². The van der Waals surface area contributed by atoms with Crippen LogP contribution in [0.3, 0.4) is 0 Å². The van der Waals surface area contributed by atoms with Crippen LogP contribution >= 0.6 is 11.6 Å². The smallest absolute Gasteiger partial charge is 0.339 e. The maximum absolute atomic E-state index is 14.0. The second-order valence-electron chi connectivity index (χ2n) is 6.69. The molecule has 4 rings (SSSR count). The lowest BCUT2D eigenvalue weighted by molar-refractivity contribution is 0.0468. The lowest BCUT2D eigenvalue weighted by Crippen LogP contribution is -2.29. The summed E-state index contributed by atoms with van der Waals surface area (Å²) >= 11 is 6.04. The molecule has 1 aliphatic rings. The average molecular weight is 385 g/mol. The first-order valence-electron chi connectivity index (χ1n) is 8.73. The van der Waals surface area contributed by atoms with Crippen molar-refractivity contribution in [1.82, 2.24) is 9.88 Å². The third-order valence-corrected chi connectivity index (χ3v) is 5.20. The van der Waals surface area contributed by atoms with Gasteiger partial charge in [-0.3, -0.25) is 4.98 Å². The van der Waals surface area contributed by atoms with Gasteiger partial charge in [0.25, 0.3) is 0 Å². The number of hydrogen-bond acceptors (Lipinski definition) is 4. The number of rotatable bonds is 3. The molecule has 2 aromatic carbocycles. The van der Waals surface area contributed by atoms with E-state index in [2.05, 4.69) is 4.90 Å². The molecule has 0 fully saturated rings. The van der Waals surface area contributed by atoms with Gasteiger partial charge in [0.1, 0.15) is 12.4 Å². The van der Waals surface area contributed by atoms with Gasteiger partial charge in [-0.1, -0.05) is 35.9 Å². The average Bonchev–Trinajstić information content (AvgIpc) is 2.65. The zero-order valence-electron chi connectivity index (χ0n) is 14.8. The van der Waals surface area contributed by atoms with Crippen LogP contribution in [0.25, 0.3) is 10.9 Å². The zero-order chi connectivity index (χ0) is 19.0. The molecule has 0 unspecified atom stereocenters. The van der Waals surface area contributed by atoms with Crippen molar-refractivity contribution in [3.05, 3.63) is 75.7 Å². The second-order valence-corrected chi connectivity index (χ2v) is 7.10. The number of nitrogens with zero attached hydrogens (tertiary/aromatic N) is 2. The maximum Gasteiger partial charge on any atom is 0.339 e. The highest BCUT2D eigenvalue weighted by molar-refractivity contribution is 6.31. The van der Waals surface area contributed by atoms with Crippen molar-refractivity contribution in [1.29, 1.82) is 0 Å². The summed E-state index contributed by atoms with van der Waals surface area (Å²) in [5.74, 6) is -0.976. The number of halogens is 2. The van der Waals surface area contributed by atoms with Crippen LogP contribution in [0.1, 0.15) is 27.2 Å². The minimum absolute atomic E-state index is 0.178. The van der Waals surface area contributed by atoms with Crippen LogP contribution in [0.5, 0.6) is 0 Å². The van der Waals surface area contributed by atoms with Gasteiger partial charge in [0.2, 0.25) is 0 Å². The Balaban J connectivity index is 1.74. The topological polar surface area (TPSA) is 42.4 Å². The van der Waals surface area contributed by atoms with Gasteiger partial charge in [-0.2, -0.15) is 0 Å². The van der Waals surface area contributed by atoms with E-state index in [0.717, 1.165) is 35.1 Å². The summed E-state index contributed by atoms with van der Waals surface area (Å²) in [7, 11) is 2.01. The van der Waals surface area contributed by atoms with Gasteiger partial charge >= 0.3 is 5.97 Å². The molecule has 3 aromatic rings. The molecule has 1 aliphatic heterocycles. The Morgan fingerprint density at radius 2 is 2.07 bits per heavy atom. The number of esters is 1. The van der Waals surface area contributed by atoms with Crippen molar-refractivity contribution in [2.45, 2.75) is 19.6 Å². The first-order valence-corrected chi connectivity index (χ1v) is 9.11. The van der Waals surface area contributed by atoms with Gasteiger partial charge in [-0.25, -0.2) is 9.18 Å². The van der Waals surface area contributed by atoms with Gasteiger partial charge < -0.3 is 9.64 Å². The van der Waals surface area contributed by atoms with Crippen molar-refractivity contribution < 1.29 is 13.9 Å². The number of carbonyl (C=O) groups excluding carboxylic acids is 1. The number of carbonyl (C=O) groups is 1. The molecule has 138 valence electrons. The van der Waals surface area contributed by atoms with Crippen molar-refractivity contribution in [2.24, 2.45) is 0 Å². The molecule has 27 heavy (non-hydrogen) atoms. The summed E-state index contributed by atoms with van der Waals surface area (Å²) in [6.07, 6.45) is 0.774. The van der Waals surface area contributed by atoms with Gasteiger partial charge in [0, 0.05) is 41.7 Å². The molecule has 0 saturated heterocycles. The van der Waals surface area contributed by atoms with E-state index in [0.29, 0.717) is 12.1 Å². The first kappa shape index (κ1) is 17.9. The molecule has 0 N–H and O–H groups in total. The van der Waals surface area contributed by atoms with Crippen LogP contribution in [0.15, 0.2) is 42.5 Å². The molecule has 1 aromatic heterocycles. The zero-order valence-corrected chi connectivity index (χ0v) is 15.6. The molecule has 0 radical (unpaired) electrons. The fourth-order valence-electron chi connectivity index (χ4n) is 3.44. The van der Waals surface area contributed by atoms with Crippen LogP contribution in [0.2, 0.25) is 5.02 Å². The van der Waals surface area contributed by atoms with Crippen LogP contribution in [0.4, 0.5) is 4.39 Å². The number of pyridine rings is 1. The highest BCUT2D eigenvalue weighted by atomic mass is 35.5. The maximum atomic E-state index is 14.0. The third-order valence-electron chi connectivity index (χ3n) is 4.85. The van der Waals surface area contributed by atoms with Crippen molar-refractivity contribution in [2.75, 3.05) is 13.6 Å². The number of para-hydroxylation sites is 1. The van der Waals surface area contributed by atoms with E-state index in [1.54, 1.807) is 6.07 Å². The second kappa shape index (κ2) is 7.25. The fourth-order valence-corrected chi connectivity index (χ4v) is 3.66. The van der Waals surface area contributed by atoms with E-state index in [1.165, 1.54) is 12.1 Å². The molecular formula is C21H18ClFN2O2. The standard InChI is InChI=1S/C21H18ClFN2O2/c1-25-10-9-19-14(11-25)20(13-5-2-3-8-18(13)24-19)21(26)27-12-15-16(22)6-4-7-17(15)23/h2-8H,9-12H2,1H3. The van der Waals surface area contributed by atoms with E-state index in [9.17, 15) is 9.18 Å². The minimum Gasteiger partial charge on any atom is -0.457 e. The lowest BCUT2D eigenvalue weighted by Gasteiger charge is -2.26. The summed E-state index contributed by atoms with van der Waals surface area (Å²) in [4.78, 5) is 19.9. The third kappa shape index (κ3) is 3.40. The fraction of sp³-hybridized carbons (Fsp3) is 0.238. The Hall–Kier alpha value is -2.50. The SMILES string of the molecule is CN1CCc2nc3ccccc3c(C(=O)OCc3c(F)cccc3Cl)c2C1. The van der Waals surface area contributed by atoms with E-state index in [-0.39, 0.29) is 17.2 Å². The highest BCUT2D eigenvalue weighted by Crippen LogP contribution is 2.29.